The quantitative estimate of drug-likeness (QED) is 0.801. The minimum Gasteiger partial charge on any atom is -0.508 e. The van der Waals surface area contributed by atoms with E-state index in [4.69, 9.17) is 4.74 Å². The Balaban J connectivity index is 2.20. The highest BCUT2D eigenvalue weighted by atomic mass is 16.5. The Morgan fingerprint density at radius 2 is 1.55 bits per heavy atom. The van der Waals surface area contributed by atoms with Crippen molar-refractivity contribution in [1.82, 2.24) is 0 Å². The molecule has 0 radical (unpaired) electrons. The molecule has 0 atom stereocenters. The average molecular weight is 298 g/mol. The third-order valence-electron chi connectivity index (χ3n) is 4.43. The summed E-state index contributed by atoms with van der Waals surface area (Å²) in [7, 11) is 0. The van der Waals surface area contributed by atoms with Gasteiger partial charge in [-0.05, 0) is 61.1 Å². The lowest BCUT2D eigenvalue weighted by molar-refractivity contribution is 0.108. The van der Waals surface area contributed by atoms with Gasteiger partial charge in [0.25, 0.3) is 0 Å². The van der Waals surface area contributed by atoms with Crippen LogP contribution in [0.15, 0.2) is 48.5 Å². The monoisotopic (exact) mass is 298 g/mol. The van der Waals surface area contributed by atoms with Crippen LogP contribution in [-0.2, 0) is 11.0 Å². The second kappa shape index (κ2) is 6.04. The molecule has 0 saturated carbocycles. The first-order chi connectivity index (χ1) is 10.2. The molecule has 0 aliphatic heterocycles. The summed E-state index contributed by atoms with van der Waals surface area (Å²) in [6.45, 7) is 10.7. The summed E-state index contributed by atoms with van der Waals surface area (Å²) < 4.78 is 6.13. The smallest absolute Gasteiger partial charge is 0.129 e. The van der Waals surface area contributed by atoms with Crippen LogP contribution < -0.4 is 4.74 Å². The molecule has 2 nitrogen and oxygen atoms in total. The summed E-state index contributed by atoms with van der Waals surface area (Å²) in [5.41, 5.74) is 1.95. The zero-order valence-corrected chi connectivity index (χ0v) is 14.2. The Morgan fingerprint density at radius 1 is 0.909 bits per heavy atom. The van der Waals surface area contributed by atoms with E-state index in [9.17, 15) is 5.11 Å². The van der Waals surface area contributed by atoms with E-state index in [2.05, 4.69) is 32.9 Å². The number of aromatic hydroxyl groups is 1. The Bertz CT molecular complexity index is 624. The maximum Gasteiger partial charge on any atom is 0.129 e. The molecule has 0 spiro atoms. The summed E-state index contributed by atoms with van der Waals surface area (Å²) in [5.74, 6) is 1.10. The number of phenolic OH excluding ortho intramolecular Hbond substituents is 1. The van der Waals surface area contributed by atoms with Gasteiger partial charge in [-0.3, -0.25) is 0 Å². The van der Waals surface area contributed by atoms with Crippen LogP contribution in [0.5, 0.6) is 11.5 Å². The van der Waals surface area contributed by atoms with Gasteiger partial charge in [0.15, 0.2) is 0 Å². The highest BCUT2D eigenvalue weighted by Gasteiger charge is 2.24. The molecule has 0 aliphatic carbocycles. The summed E-state index contributed by atoms with van der Waals surface area (Å²) in [4.78, 5) is 0. The van der Waals surface area contributed by atoms with Gasteiger partial charge in [-0.15, -0.1) is 0 Å². The molecule has 22 heavy (non-hydrogen) atoms. The van der Waals surface area contributed by atoms with E-state index in [1.165, 1.54) is 5.56 Å². The second-order valence-electron chi connectivity index (χ2n) is 6.92. The van der Waals surface area contributed by atoms with Crippen LogP contribution in [0.1, 0.15) is 52.2 Å². The molecular formula is C20H26O2. The van der Waals surface area contributed by atoms with Gasteiger partial charge in [-0.2, -0.15) is 0 Å². The molecular weight excluding hydrogens is 272 g/mol. The molecule has 118 valence electrons. The largest absolute Gasteiger partial charge is 0.508 e. The van der Waals surface area contributed by atoms with Crippen LogP contribution in [0.3, 0.4) is 0 Å². The molecule has 0 amide bonds. The van der Waals surface area contributed by atoms with Crippen molar-refractivity contribution in [3.63, 3.8) is 0 Å². The number of hydrogen-bond acceptors (Lipinski definition) is 2. The fourth-order valence-electron chi connectivity index (χ4n) is 2.41. The third-order valence-corrected chi connectivity index (χ3v) is 4.43. The molecule has 2 aromatic carbocycles. The van der Waals surface area contributed by atoms with Crippen molar-refractivity contribution < 1.29 is 9.84 Å². The maximum absolute atomic E-state index is 9.64. The van der Waals surface area contributed by atoms with Gasteiger partial charge in [0, 0.05) is 0 Å². The molecule has 2 aromatic rings. The minimum atomic E-state index is -0.499. The van der Waals surface area contributed by atoms with Gasteiger partial charge < -0.3 is 9.84 Å². The average Bonchev–Trinajstić information content (AvgIpc) is 2.47. The normalized spacial score (nSPS) is 12.2. The topological polar surface area (TPSA) is 29.5 Å². The van der Waals surface area contributed by atoms with Crippen LogP contribution >= 0.6 is 0 Å². The summed E-state index contributed by atoms with van der Waals surface area (Å²) in [6, 6.07) is 15.5. The van der Waals surface area contributed by atoms with Gasteiger partial charge in [-0.25, -0.2) is 0 Å². The number of ether oxygens (including phenoxy) is 1. The van der Waals surface area contributed by atoms with Crippen LogP contribution in [0.25, 0.3) is 0 Å². The molecule has 0 aliphatic rings. The molecule has 0 heterocycles. The first-order valence-corrected chi connectivity index (χ1v) is 7.84. The zero-order chi connectivity index (χ0) is 16.4. The molecule has 0 fully saturated rings. The third kappa shape index (κ3) is 3.62. The summed E-state index contributed by atoms with van der Waals surface area (Å²) in [5, 5.41) is 9.64. The molecule has 0 aromatic heterocycles. The predicted octanol–water partition coefficient (Wildman–Crippen LogP) is 5.39. The highest BCUT2D eigenvalue weighted by Crippen LogP contribution is 2.32. The zero-order valence-electron chi connectivity index (χ0n) is 14.2. The number of rotatable bonds is 5. The Hall–Kier alpha value is -1.96. The van der Waals surface area contributed by atoms with E-state index in [0.717, 1.165) is 17.7 Å². The van der Waals surface area contributed by atoms with Crippen LogP contribution in [0.4, 0.5) is 0 Å². The molecule has 2 heteroatoms. The molecule has 0 bridgehead atoms. The van der Waals surface area contributed by atoms with E-state index >= 15 is 0 Å². The first-order valence-electron chi connectivity index (χ1n) is 7.84. The van der Waals surface area contributed by atoms with E-state index in [1.54, 1.807) is 12.1 Å². The van der Waals surface area contributed by atoms with Crippen molar-refractivity contribution in [2.24, 2.45) is 0 Å². The highest BCUT2D eigenvalue weighted by molar-refractivity contribution is 5.35. The summed E-state index contributed by atoms with van der Waals surface area (Å²) in [6.07, 6.45) is 1.10. The predicted molar refractivity (Wildman–Crippen MR) is 91.5 cm³/mol. The van der Waals surface area contributed by atoms with Crippen molar-refractivity contribution in [2.75, 3.05) is 0 Å². The van der Waals surface area contributed by atoms with Crippen molar-refractivity contribution in [3.8, 4) is 11.5 Å². The van der Waals surface area contributed by atoms with E-state index in [-0.39, 0.29) is 11.2 Å². The lowest BCUT2D eigenvalue weighted by atomic mass is 9.82. The van der Waals surface area contributed by atoms with Crippen LogP contribution in [0.2, 0.25) is 0 Å². The molecule has 1 N–H and O–H groups in total. The minimum absolute atomic E-state index is 0.180. The lowest BCUT2D eigenvalue weighted by Gasteiger charge is -2.28. The van der Waals surface area contributed by atoms with Crippen molar-refractivity contribution in [2.45, 2.75) is 52.1 Å². The van der Waals surface area contributed by atoms with Crippen molar-refractivity contribution in [3.05, 3.63) is 59.7 Å². The number of phenols is 1. The van der Waals surface area contributed by atoms with Crippen LogP contribution in [0, 0.1) is 0 Å². The molecule has 0 saturated heterocycles. The number of hydrogen-bond donors (Lipinski definition) is 1. The molecule has 0 unspecified atom stereocenters. The Kier molecular flexibility index (Phi) is 4.50. The SMILES string of the molecule is CCC(C)(C)c1ccc(OC(C)(C)c2cccc(O)c2)cc1. The van der Waals surface area contributed by atoms with Gasteiger partial charge in [0.05, 0.1) is 0 Å². The summed E-state index contributed by atoms with van der Waals surface area (Å²) >= 11 is 0. The van der Waals surface area contributed by atoms with Gasteiger partial charge in [-0.1, -0.05) is 45.0 Å². The fraction of sp³-hybridized carbons (Fsp3) is 0.400. The van der Waals surface area contributed by atoms with Gasteiger partial charge >= 0.3 is 0 Å². The first kappa shape index (κ1) is 16.4. The standard InChI is InChI=1S/C20H26O2/c1-6-19(2,3)15-10-12-18(13-11-15)22-20(4,5)16-8-7-9-17(21)14-16/h7-14,21H,6H2,1-5H3. The maximum atomic E-state index is 9.64. The van der Waals surface area contributed by atoms with Crippen molar-refractivity contribution >= 4 is 0 Å². The van der Waals surface area contributed by atoms with E-state index < -0.39 is 5.60 Å². The van der Waals surface area contributed by atoms with Crippen LogP contribution in [-0.4, -0.2) is 5.11 Å². The lowest BCUT2D eigenvalue weighted by Crippen LogP contribution is -2.25. The number of benzene rings is 2. The van der Waals surface area contributed by atoms with Gasteiger partial charge in [0.1, 0.15) is 17.1 Å². The van der Waals surface area contributed by atoms with E-state index in [0.29, 0.717) is 0 Å². The van der Waals surface area contributed by atoms with Crippen molar-refractivity contribution in [1.29, 1.82) is 0 Å². The Morgan fingerprint density at radius 3 is 2.09 bits per heavy atom. The second-order valence-corrected chi connectivity index (χ2v) is 6.92. The molecule has 2 rings (SSSR count). The Labute approximate surface area is 133 Å². The fourth-order valence-corrected chi connectivity index (χ4v) is 2.41. The van der Waals surface area contributed by atoms with Gasteiger partial charge in [0.2, 0.25) is 0 Å². The van der Waals surface area contributed by atoms with E-state index in [1.807, 2.05) is 38.1 Å².